The van der Waals surface area contributed by atoms with Crippen molar-refractivity contribution in [2.45, 2.75) is 24.9 Å². The Balaban J connectivity index is 1.51. The maximum absolute atomic E-state index is 12.8. The first-order chi connectivity index (χ1) is 11.8. The second-order valence-corrected chi connectivity index (χ2v) is 6.35. The van der Waals surface area contributed by atoms with Crippen molar-refractivity contribution in [3.63, 3.8) is 0 Å². The van der Waals surface area contributed by atoms with Gasteiger partial charge in [0.2, 0.25) is 5.91 Å². The number of halogens is 3. The molecule has 0 spiro atoms. The minimum atomic E-state index is -4.36. The molecule has 2 aromatic carbocycles. The topological polar surface area (TPSA) is 55.1 Å². The van der Waals surface area contributed by atoms with Crippen molar-refractivity contribution in [1.82, 2.24) is 5.32 Å². The summed E-state index contributed by atoms with van der Waals surface area (Å²) >= 11 is 0. The minimum absolute atomic E-state index is 0.0992. The van der Waals surface area contributed by atoms with Gasteiger partial charge in [-0.3, -0.25) is 4.79 Å². The number of anilines is 1. The highest BCUT2D eigenvalue weighted by atomic mass is 19.4. The van der Waals surface area contributed by atoms with E-state index in [1.165, 1.54) is 6.07 Å². The van der Waals surface area contributed by atoms with Crippen molar-refractivity contribution in [3.05, 3.63) is 65.2 Å². The molecular weight excluding hydrogens is 329 g/mol. The molecule has 0 bridgehead atoms. The lowest BCUT2D eigenvalue weighted by molar-refractivity contribution is -0.137. The van der Waals surface area contributed by atoms with Gasteiger partial charge < -0.3 is 11.1 Å². The fraction of sp³-hybridized carbons (Fsp3) is 0.316. The Hall–Kier alpha value is -2.50. The molecule has 3 nitrogen and oxygen atoms in total. The van der Waals surface area contributed by atoms with E-state index < -0.39 is 11.7 Å². The van der Waals surface area contributed by atoms with E-state index in [-0.39, 0.29) is 17.7 Å². The van der Waals surface area contributed by atoms with Crippen LogP contribution in [0.25, 0.3) is 0 Å². The standard InChI is InChI=1S/C19H19F3N2O/c20-19(21,22)14-3-1-2-13(10-14)16-11-17(16)18(25)24-9-8-12-4-6-15(23)7-5-12/h1-7,10,16-17H,8-9,11,23H2,(H,24,25). The van der Waals surface area contributed by atoms with Crippen LogP contribution in [0.2, 0.25) is 0 Å². The van der Waals surface area contributed by atoms with Gasteiger partial charge in [-0.25, -0.2) is 0 Å². The molecule has 6 heteroatoms. The van der Waals surface area contributed by atoms with E-state index in [0.29, 0.717) is 30.6 Å². The van der Waals surface area contributed by atoms with Crippen LogP contribution in [0, 0.1) is 5.92 Å². The van der Waals surface area contributed by atoms with Crippen molar-refractivity contribution in [2.75, 3.05) is 12.3 Å². The molecule has 2 unspecified atom stereocenters. The van der Waals surface area contributed by atoms with Crippen LogP contribution in [-0.4, -0.2) is 12.5 Å². The molecule has 2 atom stereocenters. The van der Waals surface area contributed by atoms with Crippen LogP contribution in [-0.2, 0) is 17.4 Å². The maximum atomic E-state index is 12.8. The number of nitrogens with two attached hydrogens (primary N) is 1. The molecule has 1 fully saturated rings. The van der Waals surface area contributed by atoms with Gasteiger partial charge in [0.15, 0.2) is 0 Å². The number of alkyl halides is 3. The molecule has 0 aromatic heterocycles. The number of benzene rings is 2. The Morgan fingerprint density at radius 2 is 1.88 bits per heavy atom. The molecule has 3 N–H and O–H groups in total. The molecular formula is C19H19F3N2O. The van der Waals surface area contributed by atoms with E-state index in [1.54, 1.807) is 6.07 Å². The van der Waals surface area contributed by atoms with Crippen molar-refractivity contribution in [3.8, 4) is 0 Å². The Labute approximate surface area is 144 Å². The Bertz CT molecular complexity index is 756. The summed E-state index contributed by atoms with van der Waals surface area (Å²) in [6, 6.07) is 12.7. The third kappa shape index (κ3) is 4.32. The summed E-state index contributed by atoms with van der Waals surface area (Å²) in [5.41, 5.74) is 7.29. The molecule has 3 rings (SSSR count). The lowest BCUT2D eigenvalue weighted by Gasteiger charge is -2.09. The number of rotatable bonds is 5. The first kappa shape index (κ1) is 17.3. The van der Waals surface area contributed by atoms with Crippen LogP contribution in [0.5, 0.6) is 0 Å². The van der Waals surface area contributed by atoms with E-state index in [9.17, 15) is 18.0 Å². The maximum Gasteiger partial charge on any atom is 0.416 e. The largest absolute Gasteiger partial charge is 0.416 e. The summed E-state index contributed by atoms with van der Waals surface area (Å²) in [5.74, 6) is -0.466. The average molecular weight is 348 g/mol. The smallest absolute Gasteiger partial charge is 0.399 e. The van der Waals surface area contributed by atoms with Crippen molar-refractivity contribution in [2.24, 2.45) is 5.92 Å². The number of hydrogen-bond acceptors (Lipinski definition) is 2. The highest BCUT2D eigenvalue weighted by Crippen LogP contribution is 2.48. The van der Waals surface area contributed by atoms with E-state index in [2.05, 4.69) is 5.32 Å². The van der Waals surface area contributed by atoms with Gasteiger partial charge in [-0.05, 0) is 48.1 Å². The van der Waals surface area contributed by atoms with Gasteiger partial charge in [-0.15, -0.1) is 0 Å². The molecule has 0 aliphatic heterocycles. The molecule has 0 radical (unpaired) electrons. The Morgan fingerprint density at radius 3 is 2.56 bits per heavy atom. The van der Waals surface area contributed by atoms with E-state index in [4.69, 9.17) is 5.73 Å². The zero-order valence-electron chi connectivity index (χ0n) is 13.5. The van der Waals surface area contributed by atoms with Gasteiger partial charge in [-0.2, -0.15) is 13.2 Å². The van der Waals surface area contributed by atoms with Crippen LogP contribution in [0.15, 0.2) is 48.5 Å². The van der Waals surface area contributed by atoms with Gasteiger partial charge in [0, 0.05) is 18.2 Å². The Kier molecular flexibility index (Phi) is 4.70. The van der Waals surface area contributed by atoms with E-state index >= 15 is 0 Å². The molecule has 1 saturated carbocycles. The zero-order chi connectivity index (χ0) is 18.0. The second-order valence-electron chi connectivity index (χ2n) is 6.35. The third-order valence-corrected chi connectivity index (χ3v) is 4.46. The summed E-state index contributed by atoms with van der Waals surface area (Å²) in [6.45, 7) is 0.495. The fourth-order valence-corrected chi connectivity index (χ4v) is 2.94. The van der Waals surface area contributed by atoms with Gasteiger partial charge >= 0.3 is 6.18 Å². The quantitative estimate of drug-likeness (QED) is 0.809. The lowest BCUT2D eigenvalue weighted by atomic mass is 10.1. The van der Waals surface area contributed by atoms with Gasteiger partial charge in [0.25, 0.3) is 0 Å². The normalized spacial score (nSPS) is 19.5. The number of nitrogen functional groups attached to an aromatic ring is 1. The molecule has 1 aliphatic carbocycles. The first-order valence-electron chi connectivity index (χ1n) is 8.14. The molecule has 132 valence electrons. The number of amides is 1. The summed E-state index contributed by atoms with van der Waals surface area (Å²) < 4.78 is 38.3. The average Bonchev–Trinajstić information content (AvgIpc) is 3.37. The van der Waals surface area contributed by atoms with Crippen molar-refractivity contribution >= 4 is 11.6 Å². The number of hydrogen-bond donors (Lipinski definition) is 2. The predicted molar refractivity (Wildman–Crippen MR) is 89.9 cm³/mol. The fourth-order valence-electron chi connectivity index (χ4n) is 2.94. The van der Waals surface area contributed by atoms with Gasteiger partial charge in [0.05, 0.1) is 5.56 Å². The molecule has 1 aliphatic rings. The van der Waals surface area contributed by atoms with Crippen LogP contribution < -0.4 is 11.1 Å². The SMILES string of the molecule is Nc1ccc(CCNC(=O)C2CC2c2cccc(C(F)(F)F)c2)cc1. The number of carbonyl (C=O) groups excluding carboxylic acids is 1. The first-order valence-corrected chi connectivity index (χ1v) is 8.14. The summed E-state index contributed by atoms with van der Waals surface area (Å²) in [6.07, 6.45) is -3.08. The second kappa shape index (κ2) is 6.78. The monoisotopic (exact) mass is 348 g/mol. The Morgan fingerprint density at radius 1 is 1.16 bits per heavy atom. The third-order valence-electron chi connectivity index (χ3n) is 4.46. The van der Waals surface area contributed by atoms with Gasteiger partial charge in [-0.1, -0.05) is 30.3 Å². The van der Waals surface area contributed by atoms with Crippen LogP contribution in [0.3, 0.4) is 0 Å². The number of carbonyl (C=O) groups is 1. The summed E-state index contributed by atoms with van der Waals surface area (Å²) in [4.78, 5) is 12.2. The molecule has 0 saturated heterocycles. The molecule has 25 heavy (non-hydrogen) atoms. The van der Waals surface area contributed by atoms with Crippen molar-refractivity contribution in [1.29, 1.82) is 0 Å². The highest BCUT2D eigenvalue weighted by Gasteiger charge is 2.44. The highest BCUT2D eigenvalue weighted by molar-refractivity contribution is 5.82. The minimum Gasteiger partial charge on any atom is -0.399 e. The van der Waals surface area contributed by atoms with Crippen LogP contribution in [0.4, 0.5) is 18.9 Å². The van der Waals surface area contributed by atoms with Gasteiger partial charge in [0.1, 0.15) is 0 Å². The zero-order valence-corrected chi connectivity index (χ0v) is 13.5. The molecule has 2 aromatic rings. The summed E-state index contributed by atoms with van der Waals surface area (Å²) in [7, 11) is 0. The molecule has 1 amide bonds. The predicted octanol–water partition coefficient (Wildman–Crippen LogP) is 3.75. The lowest BCUT2D eigenvalue weighted by Crippen LogP contribution is -2.27. The van der Waals surface area contributed by atoms with E-state index in [1.807, 2.05) is 24.3 Å². The summed E-state index contributed by atoms with van der Waals surface area (Å²) in [5, 5.41) is 2.86. The van der Waals surface area contributed by atoms with E-state index in [0.717, 1.165) is 17.7 Å². The van der Waals surface area contributed by atoms with Crippen LogP contribution in [0.1, 0.15) is 29.0 Å². The van der Waals surface area contributed by atoms with Crippen LogP contribution >= 0.6 is 0 Å². The molecule has 0 heterocycles. The van der Waals surface area contributed by atoms with Crippen molar-refractivity contribution < 1.29 is 18.0 Å². The number of nitrogens with one attached hydrogen (secondary N) is 1.